The van der Waals surface area contributed by atoms with Gasteiger partial charge < -0.3 is 5.84 Å². The average molecular weight is 679 g/mol. The zero-order valence-corrected chi connectivity index (χ0v) is 33.4. The maximum atomic E-state index is 9.85. The molecule has 1 aliphatic rings. The van der Waals surface area contributed by atoms with E-state index in [1.165, 1.54) is 160 Å². The van der Waals surface area contributed by atoms with Crippen LogP contribution < -0.4 is 0 Å². The maximum absolute atomic E-state index is 9.85. The van der Waals surface area contributed by atoms with Crippen molar-refractivity contribution in [2.75, 3.05) is 0 Å². The minimum Gasteiger partial charge on any atom is -0.448 e. The van der Waals surface area contributed by atoms with Crippen molar-refractivity contribution < 1.29 is 4.68 Å². The molecule has 1 heterocycles. The first kappa shape index (κ1) is 41.5. The van der Waals surface area contributed by atoms with Gasteiger partial charge in [0, 0.05) is 11.1 Å². The largest absolute Gasteiger partial charge is 0.448 e. The van der Waals surface area contributed by atoms with E-state index in [-0.39, 0.29) is 0 Å². The molecule has 0 spiro atoms. The monoisotopic (exact) mass is 679 g/mol. The lowest BCUT2D eigenvalue weighted by Crippen LogP contribution is -2.13. The summed E-state index contributed by atoms with van der Waals surface area (Å²) in [5, 5.41) is 0. The first-order valence-electron chi connectivity index (χ1n) is 21.2. The van der Waals surface area contributed by atoms with Crippen LogP contribution in [0.15, 0.2) is 65.8 Å². The van der Waals surface area contributed by atoms with E-state index in [0.717, 1.165) is 43.5 Å². The van der Waals surface area contributed by atoms with Gasteiger partial charge in [0.25, 0.3) is 0 Å². The van der Waals surface area contributed by atoms with Crippen LogP contribution in [0.1, 0.15) is 197 Å². The molecule has 276 valence electrons. The molecule has 0 saturated carbocycles. The quantitative estimate of drug-likeness (QED) is 0.0699. The highest BCUT2D eigenvalue weighted by Crippen LogP contribution is 2.37. The van der Waals surface area contributed by atoms with Gasteiger partial charge in [0.1, 0.15) is 0 Å². The number of aryl methyl sites for hydroxylation is 4. The van der Waals surface area contributed by atoms with E-state index < -0.39 is 0 Å². The summed E-state index contributed by atoms with van der Waals surface area (Å²) >= 11 is 0. The summed E-state index contributed by atoms with van der Waals surface area (Å²) in [6.45, 7) is 13.6. The van der Waals surface area contributed by atoms with E-state index in [2.05, 4.69) is 96.2 Å². The minimum absolute atomic E-state index is 1.05. The van der Waals surface area contributed by atoms with Gasteiger partial charge >= 0.3 is 0 Å². The van der Waals surface area contributed by atoms with Gasteiger partial charge in [-0.2, -0.15) is 0 Å². The van der Waals surface area contributed by atoms with E-state index in [4.69, 9.17) is 0 Å². The van der Waals surface area contributed by atoms with Crippen molar-refractivity contribution in [1.29, 1.82) is 0 Å². The van der Waals surface area contributed by atoms with Gasteiger partial charge in [-0.25, -0.2) is 4.68 Å². The van der Waals surface area contributed by atoms with E-state index in [9.17, 15) is 5.84 Å². The highest BCUT2D eigenvalue weighted by atomic mass is 15.3. The lowest BCUT2D eigenvalue weighted by Gasteiger charge is -2.13. The van der Waals surface area contributed by atoms with E-state index in [0.29, 0.717) is 0 Å². The van der Waals surface area contributed by atoms with Crippen molar-refractivity contribution in [2.45, 2.75) is 189 Å². The molecule has 0 fully saturated rings. The Kier molecular flexibility index (Phi) is 20.2. The molecular formula is C48H74N2. The summed E-state index contributed by atoms with van der Waals surface area (Å²) in [7, 11) is 0. The molecular weight excluding hydrogens is 605 g/mol. The predicted octanol–water partition coefficient (Wildman–Crippen LogP) is 15.1. The molecule has 0 radical (unpaired) electrons. The van der Waals surface area contributed by atoms with Crippen LogP contribution in [0.2, 0.25) is 0 Å². The van der Waals surface area contributed by atoms with Crippen LogP contribution in [0, 0.1) is 0 Å². The zero-order chi connectivity index (χ0) is 36.0. The number of nitrogens with one attached hydrogen (secondary N) is 1. The number of allylic oxidation sites excluding steroid dienone is 5. The number of hydrogen-bond acceptors (Lipinski definition) is 0. The molecule has 0 amide bonds. The molecule has 2 aromatic rings. The summed E-state index contributed by atoms with van der Waals surface area (Å²) < 4.78 is 1.81. The number of rotatable bonds is 26. The third-order valence-electron chi connectivity index (χ3n) is 10.5. The van der Waals surface area contributed by atoms with Crippen LogP contribution in [0.25, 0.3) is 11.5 Å². The Hall–Kier alpha value is -2.87. The van der Waals surface area contributed by atoms with Crippen LogP contribution in [0.3, 0.4) is 0 Å². The summed E-state index contributed by atoms with van der Waals surface area (Å²) in [5.74, 6) is 9.85. The van der Waals surface area contributed by atoms with Gasteiger partial charge in [0.05, 0.1) is 11.1 Å². The molecule has 0 unspecified atom stereocenters. The zero-order valence-electron chi connectivity index (χ0n) is 33.4. The molecule has 0 bridgehead atoms. The predicted molar refractivity (Wildman–Crippen MR) is 222 cm³/mol. The van der Waals surface area contributed by atoms with Gasteiger partial charge in [-0.15, -0.1) is 0 Å². The number of unbranched alkanes of at least 4 members (excludes halogenated alkanes) is 14. The van der Waals surface area contributed by atoms with Crippen molar-refractivity contribution in [3.8, 4) is 0 Å². The lowest BCUT2D eigenvalue weighted by atomic mass is 9.91. The number of benzene rings is 2. The molecule has 2 nitrogen and oxygen atoms in total. The molecule has 3 rings (SSSR count). The Labute approximate surface area is 309 Å². The second-order valence-electron chi connectivity index (χ2n) is 15.0. The van der Waals surface area contributed by atoms with Crippen molar-refractivity contribution >= 4 is 11.4 Å². The highest BCUT2D eigenvalue weighted by molar-refractivity contribution is 6.17. The summed E-state index contributed by atoms with van der Waals surface area (Å²) in [4.78, 5) is 0. The second kappa shape index (κ2) is 24.3. The third kappa shape index (κ3) is 13.4. The Balaban J connectivity index is 1.99. The summed E-state index contributed by atoms with van der Waals surface area (Å²) in [6, 6.07) is 14.5. The van der Waals surface area contributed by atoms with Gasteiger partial charge in [0.2, 0.25) is 11.4 Å². The van der Waals surface area contributed by atoms with Gasteiger partial charge in [0.15, 0.2) is 0 Å². The average Bonchev–Trinajstić information content (AvgIpc) is 3.42. The van der Waals surface area contributed by atoms with Crippen LogP contribution >= 0.6 is 0 Å². The Morgan fingerprint density at radius 1 is 0.500 bits per heavy atom. The summed E-state index contributed by atoms with van der Waals surface area (Å²) in [6.07, 6.45) is 35.8. The molecule has 2 heteroatoms. The van der Waals surface area contributed by atoms with Crippen molar-refractivity contribution in [3.05, 3.63) is 105 Å². The van der Waals surface area contributed by atoms with Crippen LogP contribution in [-0.4, -0.2) is 10.4 Å². The minimum atomic E-state index is 1.05. The van der Waals surface area contributed by atoms with Gasteiger partial charge in [-0.05, 0) is 118 Å². The molecule has 0 atom stereocenters. The summed E-state index contributed by atoms with van der Waals surface area (Å²) in [5.41, 5.74) is 12.6. The van der Waals surface area contributed by atoms with Crippen LogP contribution in [0.4, 0.5) is 0 Å². The Bertz CT molecular complexity index is 1350. The Morgan fingerprint density at radius 2 is 0.900 bits per heavy atom. The fourth-order valence-electron chi connectivity index (χ4n) is 7.49. The standard InChI is InChI=1S/C48H74N2/c1-7-13-18-19-20-21-22-23-24-25-26-27-32-46-45(12-6)47(43-35-39(28-14-8-2)33-40(36-43)29-15-9-3)50(49)48(46)44-37-41(30-16-10-4)34-42(38-44)31-17-11-5/h12,27,32-38,49H,7-11,13-26,28-31H2,1-6H3. The van der Waals surface area contributed by atoms with E-state index in [1.54, 1.807) is 4.68 Å². The van der Waals surface area contributed by atoms with Crippen LogP contribution in [0.5, 0.6) is 0 Å². The first-order valence-corrected chi connectivity index (χ1v) is 21.2. The highest BCUT2D eigenvalue weighted by Gasteiger charge is 2.34. The molecule has 0 saturated heterocycles. The maximum Gasteiger partial charge on any atom is 0.216 e. The SMILES string of the molecule is CC=C1C(C=CCCCCCCCCCCCC)=C(c2cc(CCCC)cc(CCCC)c2)[N+]([NH-])=C1c1cc(CCCC)cc(CCCC)c1. The van der Waals surface area contributed by atoms with Crippen LogP contribution in [-0.2, 0) is 25.7 Å². The molecule has 0 aliphatic carbocycles. The first-order chi connectivity index (χ1) is 24.5. The van der Waals surface area contributed by atoms with Crippen molar-refractivity contribution in [1.82, 2.24) is 0 Å². The Morgan fingerprint density at radius 3 is 1.32 bits per heavy atom. The van der Waals surface area contributed by atoms with Gasteiger partial charge in [-0.1, -0.05) is 148 Å². The fraction of sp³-hybridized carbons (Fsp3) is 0.604. The smallest absolute Gasteiger partial charge is 0.216 e. The lowest BCUT2D eigenvalue weighted by molar-refractivity contribution is -0.347. The van der Waals surface area contributed by atoms with E-state index in [1.807, 2.05) is 0 Å². The third-order valence-corrected chi connectivity index (χ3v) is 10.5. The van der Waals surface area contributed by atoms with Gasteiger partial charge in [-0.3, -0.25) is 0 Å². The molecule has 0 aromatic heterocycles. The normalized spacial score (nSPS) is 14.3. The van der Waals surface area contributed by atoms with E-state index >= 15 is 0 Å². The molecule has 50 heavy (non-hydrogen) atoms. The number of nitrogens with zero attached hydrogens (tertiary/aromatic N) is 1. The molecule has 2 aromatic carbocycles. The van der Waals surface area contributed by atoms with Crippen molar-refractivity contribution in [3.63, 3.8) is 0 Å². The molecule has 1 aliphatic heterocycles. The van der Waals surface area contributed by atoms with Crippen molar-refractivity contribution in [2.24, 2.45) is 0 Å². The topological polar surface area (TPSA) is 26.8 Å². The second-order valence-corrected chi connectivity index (χ2v) is 15.0. The molecule has 1 N–H and O–H groups in total. The fourth-order valence-corrected chi connectivity index (χ4v) is 7.49. The number of hydrogen-bond donors (Lipinski definition) is 0.